The number of halogens is 1. The number of hydrogen-bond acceptors (Lipinski definition) is 5. The van der Waals surface area contributed by atoms with Crippen molar-refractivity contribution >= 4 is 23.0 Å². The minimum absolute atomic E-state index is 0.0780. The van der Waals surface area contributed by atoms with E-state index in [9.17, 15) is 14.0 Å². The first-order chi connectivity index (χ1) is 10.5. The summed E-state index contributed by atoms with van der Waals surface area (Å²) >= 11 is 0.804. The molecule has 0 radical (unpaired) electrons. The Morgan fingerprint density at radius 2 is 2.09 bits per heavy atom. The van der Waals surface area contributed by atoms with Gasteiger partial charge in [-0.25, -0.2) is 4.79 Å². The molecule has 1 N–H and O–H groups in total. The van der Waals surface area contributed by atoms with Crippen molar-refractivity contribution in [2.45, 2.75) is 32.0 Å². The molecule has 0 spiro atoms. The quantitative estimate of drug-likeness (QED) is 0.863. The third-order valence-electron chi connectivity index (χ3n) is 3.01. The van der Waals surface area contributed by atoms with Crippen LogP contribution in [0, 0.1) is 0 Å². The van der Waals surface area contributed by atoms with Crippen molar-refractivity contribution in [3.8, 4) is 0 Å². The molecule has 0 fully saturated rings. The van der Waals surface area contributed by atoms with E-state index in [4.69, 9.17) is 4.74 Å². The van der Waals surface area contributed by atoms with Crippen LogP contribution in [0.15, 0.2) is 42.4 Å². The van der Waals surface area contributed by atoms with Crippen molar-refractivity contribution in [3.63, 3.8) is 0 Å². The topological polar surface area (TPSA) is 58.6 Å². The summed E-state index contributed by atoms with van der Waals surface area (Å²) in [5.74, 6) is -1.70. The lowest BCUT2D eigenvalue weighted by molar-refractivity contribution is -0.120. The molecule has 1 amide bonds. The fourth-order valence-electron chi connectivity index (χ4n) is 1.86. The summed E-state index contributed by atoms with van der Waals surface area (Å²) in [5.41, 5.74) is 0.186. The Bertz CT molecular complexity index is 577. The maximum Gasteiger partial charge on any atom is 0.371 e. The SMILES string of the molecule is CC(C)N1C=C(F)C(=O)NC1SC(=O)OCc1ccccc1. The Labute approximate surface area is 132 Å². The lowest BCUT2D eigenvalue weighted by Crippen LogP contribution is -2.50. The Morgan fingerprint density at radius 1 is 1.41 bits per heavy atom. The van der Waals surface area contributed by atoms with Crippen LogP contribution in [0.5, 0.6) is 0 Å². The van der Waals surface area contributed by atoms with Crippen molar-refractivity contribution in [2.24, 2.45) is 0 Å². The van der Waals surface area contributed by atoms with E-state index in [2.05, 4.69) is 5.32 Å². The number of ether oxygens (including phenoxy) is 1. The van der Waals surface area contributed by atoms with E-state index >= 15 is 0 Å². The van der Waals surface area contributed by atoms with Gasteiger partial charge < -0.3 is 15.0 Å². The van der Waals surface area contributed by atoms with Gasteiger partial charge in [-0.1, -0.05) is 30.3 Å². The standard InChI is InChI=1S/C15H17FN2O3S/c1-10(2)18-8-12(16)13(19)17-14(18)22-15(20)21-9-11-6-4-3-5-7-11/h3-8,10,14H,9H2,1-2H3,(H,17,19). The molecule has 0 bridgehead atoms. The molecule has 0 aliphatic carbocycles. The van der Waals surface area contributed by atoms with E-state index < -0.39 is 22.5 Å². The normalized spacial score (nSPS) is 18.0. The molecule has 0 saturated heterocycles. The average molecular weight is 324 g/mol. The highest BCUT2D eigenvalue weighted by atomic mass is 32.2. The lowest BCUT2D eigenvalue weighted by atomic mass is 10.2. The average Bonchev–Trinajstić information content (AvgIpc) is 2.49. The van der Waals surface area contributed by atoms with Gasteiger partial charge in [0.05, 0.1) is 0 Å². The molecule has 1 aromatic carbocycles. The van der Waals surface area contributed by atoms with E-state index in [-0.39, 0.29) is 12.6 Å². The van der Waals surface area contributed by atoms with Crippen LogP contribution in [-0.2, 0) is 16.1 Å². The third-order valence-corrected chi connectivity index (χ3v) is 3.90. The predicted octanol–water partition coefficient (Wildman–Crippen LogP) is 2.99. The van der Waals surface area contributed by atoms with Gasteiger partial charge in [-0.3, -0.25) is 4.79 Å². The number of amides is 1. The van der Waals surface area contributed by atoms with E-state index in [1.807, 2.05) is 44.2 Å². The second-order valence-electron chi connectivity index (χ2n) is 4.99. The first-order valence-electron chi connectivity index (χ1n) is 6.80. The number of carbonyl (C=O) groups excluding carboxylic acids is 2. The van der Waals surface area contributed by atoms with Crippen LogP contribution in [0.1, 0.15) is 19.4 Å². The minimum atomic E-state index is -0.872. The molecule has 0 aromatic heterocycles. The molecule has 0 saturated carbocycles. The fourth-order valence-corrected chi connectivity index (χ4v) is 2.77. The van der Waals surface area contributed by atoms with Crippen LogP contribution in [0.3, 0.4) is 0 Å². The number of thioether (sulfide) groups is 1. The van der Waals surface area contributed by atoms with Gasteiger partial charge in [-0.05, 0) is 19.4 Å². The second kappa shape index (κ2) is 7.31. The summed E-state index contributed by atoms with van der Waals surface area (Å²) in [7, 11) is 0. The van der Waals surface area contributed by atoms with E-state index in [0.717, 1.165) is 23.5 Å². The van der Waals surface area contributed by atoms with Crippen molar-refractivity contribution < 1.29 is 18.7 Å². The van der Waals surface area contributed by atoms with Gasteiger partial charge in [0.2, 0.25) is 5.83 Å². The highest BCUT2D eigenvalue weighted by Gasteiger charge is 2.31. The molecule has 2 rings (SSSR count). The lowest BCUT2D eigenvalue weighted by Gasteiger charge is -2.35. The molecule has 1 unspecified atom stereocenters. The van der Waals surface area contributed by atoms with Gasteiger partial charge in [0.25, 0.3) is 5.91 Å². The Kier molecular flexibility index (Phi) is 5.43. The van der Waals surface area contributed by atoms with Crippen LogP contribution in [0.4, 0.5) is 9.18 Å². The molecule has 118 valence electrons. The minimum Gasteiger partial charge on any atom is -0.453 e. The van der Waals surface area contributed by atoms with Gasteiger partial charge in [0.1, 0.15) is 6.61 Å². The van der Waals surface area contributed by atoms with Crippen molar-refractivity contribution in [2.75, 3.05) is 0 Å². The summed E-state index contributed by atoms with van der Waals surface area (Å²) in [6.45, 7) is 3.83. The summed E-state index contributed by atoms with van der Waals surface area (Å²) in [6, 6.07) is 9.19. The van der Waals surface area contributed by atoms with Gasteiger partial charge in [-0.2, -0.15) is 4.39 Å². The molecule has 1 aliphatic heterocycles. The number of nitrogens with one attached hydrogen (secondary N) is 1. The van der Waals surface area contributed by atoms with Crippen molar-refractivity contribution in [1.29, 1.82) is 0 Å². The molecule has 1 atom stereocenters. The van der Waals surface area contributed by atoms with E-state index in [1.54, 1.807) is 4.90 Å². The molecule has 1 heterocycles. The maximum atomic E-state index is 13.3. The van der Waals surface area contributed by atoms with Crippen molar-refractivity contribution in [1.82, 2.24) is 10.2 Å². The molecule has 1 aliphatic rings. The van der Waals surface area contributed by atoms with Gasteiger partial charge in [0, 0.05) is 24.0 Å². The van der Waals surface area contributed by atoms with Gasteiger partial charge >= 0.3 is 5.30 Å². The first kappa shape index (κ1) is 16.4. The van der Waals surface area contributed by atoms with Crippen molar-refractivity contribution in [3.05, 3.63) is 47.9 Å². The number of hydrogen-bond donors (Lipinski definition) is 1. The Morgan fingerprint density at radius 3 is 2.73 bits per heavy atom. The smallest absolute Gasteiger partial charge is 0.371 e. The zero-order valence-corrected chi connectivity index (χ0v) is 13.1. The molecule has 7 heteroatoms. The Balaban J connectivity index is 1.93. The number of carbonyl (C=O) groups is 2. The number of benzene rings is 1. The summed E-state index contributed by atoms with van der Waals surface area (Å²) in [4.78, 5) is 24.8. The zero-order valence-electron chi connectivity index (χ0n) is 12.3. The van der Waals surface area contributed by atoms with Gasteiger partial charge in [0.15, 0.2) is 5.50 Å². The van der Waals surface area contributed by atoms with Crippen LogP contribution in [0.25, 0.3) is 0 Å². The monoisotopic (exact) mass is 324 g/mol. The molecule has 1 aromatic rings. The van der Waals surface area contributed by atoms with Crippen LogP contribution in [-0.4, -0.2) is 27.6 Å². The third kappa shape index (κ3) is 4.24. The van der Waals surface area contributed by atoms with Crippen LogP contribution >= 0.6 is 11.8 Å². The molecular formula is C15H17FN2O3S. The van der Waals surface area contributed by atoms with Crippen LogP contribution < -0.4 is 5.32 Å². The molecule has 22 heavy (non-hydrogen) atoms. The zero-order chi connectivity index (χ0) is 16.1. The molecular weight excluding hydrogens is 307 g/mol. The summed E-state index contributed by atoms with van der Waals surface area (Å²) < 4.78 is 18.5. The summed E-state index contributed by atoms with van der Waals surface area (Å²) in [5, 5.41) is 1.90. The number of rotatable bonds is 4. The fraction of sp³-hybridized carbons (Fsp3) is 0.333. The predicted molar refractivity (Wildman–Crippen MR) is 82.3 cm³/mol. The maximum absolute atomic E-state index is 13.3. The highest BCUT2D eigenvalue weighted by molar-refractivity contribution is 8.13. The second-order valence-corrected chi connectivity index (χ2v) is 6.00. The molecule has 5 nitrogen and oxygen atoms in total. The Hall–Kier alpha value is -2.02. The number of nitrogens with zero attached hydrogens (tertiary/aromatic N) is 1. The highest BCUT2D eigenvalue weighted by Crippen LogP contribution is 2.24. The largest absolute Gasteiger partial charge is 0.453 e. The van der Waals surface area contributed by atoms with E-state index in [0.29, 0.717) is 0 Å². The summed E-state index contributed by atoms with van der Waals surface area (Å²) in [6.07, 6.45) is 1.12. The van der Waals surface area contributed by atoms with E-state index in [1.165, 1.54) is 0 Å². The van der Waals surface area contributed by atoms with Gasteiger partial charge in [-0.15, -0.1) is 0 Å². The van der Waals surface area contributed by atoms with Crippen LogP contribution in [0.2, 0.25) is 0 Å². The first-order valence-corrected chi connectivity index (χ1v) is 7.68.